The predicted octanol–water partition coefficient (Wildman–Crippen LogP) is 4.97. The number of hydrogen-bond donors (Lipinski definition) is 0. The van der Waals surface area contributed by atoms with E-state index in [0.717, 1.165) is 12.0 Å². The maximum absolute atomic E-state index is 14.3. The van der Waals surface area contributed by atoms with Crippen LogP contribution >= 0.6 is 0 Å². The van der Waals surface area contributed by atoms with Gasteiger partial charge in [0.2, 0.25) is 0 Å². The van der Waals surface area contributed by atoms with Gasteiger partial charge < -0.3 is 0 Å². The molecule has 2 heteroatoms. The summed E-state index contributed by atoms with van der Waals surface area (Å²) in [6.07, 6.45) is 0.876. The van der Waals surface area contributed by atoms with Crippen LogP contribution in [-0.2, 0) is 11.8 Å². The van der Waals surface area contributed by atoms with Crippen LogP contribution in [0.2, 0.25) is 0 Å². The van der Waals surface area contributed by atoms with Gasteiger partial charge in [-0.2, -0.15) is 5.26 Å². The Morgan fingerprint density at radius 1 is 1.14 bits per heavy atom. The number of hydrogen-bond acceptors (Lipinski definition) is 1. The van der Waals surface area contributed by atoms with E-state index in [1.807, 2.05) is 24.3 Å². The van der Waals surface area contributed by atoms with Crippen molar-refractivity contribution in [3.05, 3.63) is 71.0 Å². The van der Waals surface area contributed by atoms with Crippen molar-refractivity contribution in [3.8, 4) is 6.07 Å². The van der Waals surface area contributed by atoms with E-state index in [1.54, 1.807) is 26.0 Å². The first-order valence-corrected chi connectivity index (χ1v) is 7.19. The van der Waals surface area contributed by atoms with Gasteiger partial charge >= 0.3 is 0 Å². The number of halogens is 1. The summed E-state index contributed by atoms with van der Waals surface area (Å²) in [5, 5.41) is 9.13. The van der Waals surface area contributed by atoms with E-state index in [2.05, 4.69) is 25.1 Å². The molecular formula is C19H20FN. The molecular weight excluding hydrogens is 261 g/mol. The van der Waals surface area contributed by atoms with Crippen LogP contribution in [0.15, 0.2) is 48.5 Å². The van der Waals surface area contributed by atoms with Crippen molar-refractivity contribution in [2.24, 2.45) is 0 Å². The van der Waals surface area contributed by atoms with Crippen molar-refractivity contribution >= 4 is 0 Å². The lowest BCUT2D eigenvalue weighted by Gasteiger charge is -2.19. The molecule has 0 fully saturated rings. The highest BCUT2D eigenvalue weighted by atomic mass is 19.1. The normalized spacial score (nSPS) is 12.7. The molecule has 0 saturated carbocycles. The van der Waals surface area contributed by atoms with Gasteiger partial charge in [0.1, 0.15) is 5.82 Å². The zero-order chi connectivity index (χ0) is 15.5. The van der Waals surface area contributed by atoms with E-state index in [9.17, 15) is 4.39 Å². The molecule has 1 nitrogen and oxygen atoms in total. The topological polar surface area (TPSA) is 23.8 Å². The largest absolute Gasteiger partial charge is 0.207 e. The molecule has 0 aromatic heterocycles. The molecule has 2 rings (SSSR count). The van der Waals surface area contributed by atoms with Crippen LogP contribution in [0.3, 0.4) is 0 Å². The van der Waals surface area contributed by atoms with Crippen LogP contribution in [-0.4, -0.2) is 0 Å². The Balaban J connectivity index is 2.22. The van der Waals surface area contributed by atoms with Crippen LogP contribution in [0.4, 0.5) is 4.39 Å². The third-order valence-corrected chi connectivity index (χ3v) is 3.90. The van der Waals surface area contributed by atoms with Gasteiger partial charge in [-0.05, 0) is 43.4 Å². The summed E-state index contributed by atoms with van der Waals surface area (Å²) < 4.78 is 14.3. The number of nitriles is 1. The number of rotatable bonds is 4. The smallest absolute Gasteiger partial charge is 0.128 e. The predicted molar refractivity (Wildman–Crippen MR) is 83.6 cm³/mol. The summed E-state index contributed by atoms with van der Waals surface area (Å²) in [7, 11) is 0. The standard InChI is InChI=1S/C19H20FN/c1-14(11-15-7-5-4-6-8-15)16-9-10-17(18(20)12-16)19(2,3)13-21/h4-10,12,14H,11H2,1-3H3. The van der Waals surface area contributed by atoms with E-state index >= 15 is 0 Å². The van der Waals surface area contributed by atoms with Gasteiger partial charge in [-0.1, -0.05) is 49.4 Å². The van der Waals surface area contributed by atoms with Gasteiger partial charge in [0.25, 0.3) is 0 Å². The first-order valence-electron chi connectivity index (χ1n) is 7.19. The first kappa shape index (κ1) is 15.3. The van der Waals surface area contributed by atoms with Crippen LogP contribution in [0.1, 0.15) is 43.4 Å². The Hall–Kier alpha value is -2.14. The molecule has 2 aromatic carbocycles. The summed E-state index contributed by atoms with van der Waals surface area (Å²) in [4.78, 5) is 0. The minimum Gasteiger partial charge on any atom is -0.207 e. The molecule has 1 unspecified atom stereocenters. The Kier molecular flexibility index (Phi) is 4.43. The first-order chi connectivity index (χ1) is 9.94. The lowest BCUT2D eigenvalue weighted by Crippen LogP contribution is -2.16. The van der Waals surface area contributed by atoms with Crippen molar-refractivity contribution in [3.63, 3.8) is 0 Å². The van der Waals surface area contributed by atoms with Crippen LogP contribution < -0.4 is 0 Å². The van der Waals surface area contributed by atoms with E-state index in [1.165, 1.54) is 5.56 Å². The zero-order valence-corrected chi connectivity index (χ0v) is 12.7. The second-order valence-electron chi connectivity index (χ2n) is 6.07. The average molecular weight is 281 g/mol. The van der Waals surface area contributed by atoms with Crippen molar-refractivity contribution in [1.29, 1.82) is 5.26 Å². The van der Waals surface area contributed by atoms with Gasteiger partial charge in [-0.3, -0.25) is 0 Å². The van der Waals surface area contributed by atoms with Crippen LogP contribution in [0.5, 0.6) is 0 Å². The molecule has 1 atom stereocenters. The summed E-state index contributed by atoms with van der Waals surface area (Å²) in [6, 6.07) is 17.6. The maximum Gasteiger partial charge on any atom is 0.128 e. The SMILES string of the molecule is CC(Cc1ccccc1)c1ccc(C(C)(C)C#N)c(F)c1. The van der Waals surface area contributed by atoms with Gasteiger partial charge in [0.05, 0.1) is 11.5 Å². The van der Waals surface area contributed by atoms with E-state index in [4.69, 9.17) is 5.26 Å². The van der Waals surface area contributed by atoms with Crippen molar-refractivity contribution in [1.82, 2.24) is 0 Å². The van der Waals surface area contributed by atoms with Crippen molar-refractivity contribution < 1.29 is 4.39 Å². The second kappa shape index (κ2) is 6.10. The molecule has 0 saturated heterocycles. The molecule has 0 N–H and O–H groups in total. The molecule has 0 aliphatic carbocycles. The highest BCUT2D eigenvalue weighted by Crippen LogP contribution is 2.28. The molecule has 0 heterocycles. The quantitative estimate of drug-likeness (QED) is 0.776. The van der Waals surface area contributed by atoms with E-state index in [-0.39, 0.29) is 11.7 Å². The molecule has 0 spiro atoms. The summed E-state index contributed by atoms with van der Waals surface area (Å²) in [6.45, 7) is 5.56. The maximum atomic E-state index is 14.3. The monoisotopic (exact) mass is 281 g/mol. The summed E-state index contributed by atoms with van der Waals surface area (Å²) in [5.74, 6) is -0.0555. The van der Waals surface area contributed by atoms with Gasteiger partial charge in [-0.25, -0.2) is 4.39 Å². The number of benzene rings is 2. The number of nitrogens with zero attached hydrogens (tertiary/aromatic N) is 1. The Bertz CT molecular complexity index is 653. The highest BCUT2D eigenvalue weighted by Gasteiger charge is 2.24. The molecule has 0 aliphatic rings. The molecule has 0 aliphatic heterocycles. The summed E-state index contributed by atoms with van der Waals surface area (Å²) >= 11 is 0. The van der Waals surface area contributed by atoms with Crippen LogP contribution in [0, 0.1) is 17.1 Å². The molecule has 21 heavy (non-hydrogen) atoms. The third-order valence-electron chi connectivity index (χ3n) is 3.90. The average Bonchev–Trinajstić information content (AvgIpc) is 2.48. The Labute approximate surface area is 126 Å². The fourth-order valence-corrected chi connectivity index (χ4v) is 2.49. The lowest BCUT2D eigenvalue weighted by molar-refractivity contribution is 0.560. The lowest BCUT2D eigenvalue weighted by atomic mass is 9.84. The third kappa shape index (κ3) is 3.49. The van der Waals surface area contributed by atoms with Gasteiger partial charge in [0, 0.05) is 5.56 Å². The van der Waals surface area contributed by atoms with Gasteiger partial charge in [0.15, 0.2) is 0 Å². The highest BCUT2D eigenvalue weighted by molar-refractivity contribution is 5.35. The summed E-state index contributed by atoms with van der Waals surface area (Å²) in [5.41, 5.74) is 1.87. The molecule has 0 radical (unpaired) electrons. The second-order valence-corrected chi connectivity index (χ2v) is 6.07. The molecule has 108 valence electrons. The zero-order valence-electron chi connectivity index (χ0n) is 12.7. The van der Waals surface area contributed by atoms with Gasteiger partial charge in [-0.15, -0.1) is 0 Å². The van der Waals surface area contributed by atoms with E-state index in [0.29, 0.717) is 5.56 Å². The fourth-order valence-electron chi connectivity index (χ4n) is 2.49. The molecule has 0 amide bonds. The molecule has 2 aromatic rings. The Morgan fingerprint density at radius 3 is 2.38 bits per heavy atom. The van der Waals surface area contributed by atoms with Crippen molar-refractivity contribution in [2.45, 2.75) is 38.5 Å². The Morgan fingerprint density at radius 2 is 1.81 bits per heavy atom. The van der Waals surface area contributed by atoms with Crippen molar-refractivity contribution in [2.75, 3.05) is 0 Å². The molecule has 0 bridgehead atoms. The minimum absolute atomic E-state index is 0.237. The minimum atomic E-state index is -0.800. The van der Waals surface area contributed by atoms with E-state index < -0.39 is 5.41 Å². The fraction of sp³-hybridized carbons (Fsp3) is 0.316. The van der Waals surface area contributed by atoms with Crippen LogP contribution in [0.25, 0.3) is 0 Å².